The monoisotopic (exact) mass is 465 g/mol. The number of aromatic amines is 1. The van der Waals surface area contributed by atoms with Crippen LogP contribution >= 0.6 is 23.2 Å². The molecule has 0 radical (unpaired) electrons. The maximum atomic E-state index is 12.5. The van der Waals surface area contributed by atoms with Crippen LogP contribution in [-0.2, 0) is 6.54 Å². The molecule has 0 fully saturated rings. The van der Waals surface area contributed by atoms with Crippen molar-refractivity contribution < 1.29 is 0 Å². The van der Waals surface area contributed by atoms with Gasteiger partial charge in [-0.25, -0.2) is 14.5 Å². The lowest BCUT2D eigenvalue weighted by Gasteiger charge is -2.10. The molecule has 2 aromatic carbocycles. The number of H-pyrrole nitrogens is 1. The number of anilines is 1. The largest absolute Gasteiger partial charge is 0.345 e. The summed E-state index contributed by atoms with van der Waals surface area (Å²) in [6, 6.07) is 14.9. The van der Waals surface area contributed by atoms with Gasteiger partial charge in [-0.2, -0.15) is 5.10 Å². The molecule has 2 heterocycles. The van der Waals surface area contributed by atoms with Crippen molar-refractivity contribution in [1.82, 2.24) is 14.8 Å². The Bertz CT molecular complexity index is 1240. The van der Waals surface area contributed by atoms with E-state index in [2.05, 4.69) is 22.7 Å². The van der Waals surface area contributed by atoms with Gasteiger partial charge in [0.2, 0.25) is 5.95 Å². The molecule has 32 heavy (non-hydrogen) atoms. The van der Waals surface area contributed by atoms with Crippen LogP contribution in [0, 0.1) is 5.92 Å². The first-order valence-electron chi connectivity index (χ1n) is 10.0. The lowest BCUT2D eigenvalue weighted by Crippen LogP contribution is -2.19. The third kappa shape index (κ3) is 5.10. The number of aromatic nitrogens is 3. The summed E-state index contributed by atoms with van der Waals surface area (Å²) in [5.74, 6) is 0.406. The fourth-order valence-corrected chi connectivity index (χ4v) is 3.62. The fraction of sp³-hybridized carbons (Fsp3) is 0.125. The number of hydrogen-bond donors (Lipinski definition) is 1. The predicted octanol–water partition coefficient (Wildman–Crippen LogP) is 5.07. The van der Waals surface area contributed by atoms with Crippen molar-refractivity contribution in [3.05, 3.63) is 117 Å². The lowest BCUT2D eigenvalue weighted by molar-refractivity contribution is 0.654. The number of rotatable bonds is 7. The number of hydrogen-bond acceptors (Lipinski definition) is 4. The smallest absolute Gasteiger partial charge is 0.274 e. The molecule has 1 aliphatic rings. The van der Waals surface area contributed by atoms with Crippen LogP contribution in [0.2, 0.25) is 10.0 Å². The molecule has 0 bridgehead atoms. The third-order valence-corrected chi connectivity index (χ3v) is 5.45. The first-order valence-corrected chi connectivity index (χ1v) is 10.8. The highest BCUT2D eigenvalue weighted by molar-refractivity contribution is 6.31. The predicted molar refractivity (Wildman–Crippen MR) is 131 cm³/mol. The van der Waals surface area contributed by atoms with E-state index in [0.717, 1.165) is 16.8 Å². The minimum Gasteiger partial charge on any atom is -0.274 e. The molecule has 1 aromatic heterocycles. The minimum atomic E-state index is -0.300. The van der Waals surface area contributed by atoms with E-state index in [0.29, 0.717) is 29.1 Å². The number of nitrogens with zero attached hydrogens (tertiary/aromatic N) is 4. The maximum absolute atomic E-state index is 12.5. The van der Waals surface area contributed by atoms with Gasteiger partial charge in [0, 0.05) is 16.0 Å². The van der Waals surface area contributed by atoms with Crippen molar-refractivity contribution in [2.24, 2.45) is 11.0 Å². The third-order valence-electron chi connectivity index (χ3n) is 4.95. The number of allylic oxidation sites excluding steroid dienone is 4. The SMILES string of the molecule is C=C/C=C\C=C\[C@H]1CN(c2nn(Cc3ccc(Cl)cc3)c(=O)[nH]2)N=C1c1ccc(Cl)cc1. The van der Waals surface area contributed by atoms with E-state index in [9.17, 15) is 4.79 Å². The summed E-state index contributed by atoms with van der Waals surface area (Å²) in [7, 11) is 0. The zero-order valence-corrected chi connectivity index (χ0v) is 18.7. The molecule has 3 aromatic rings. The summed E-state index contributed by atoms with van der Waals surface area (Å²) in [5, 5.41) is 12.2. The van der Waals surface area contributed by atoms with Gasteiger partial charge in [-0.15, -0.1) is 5.10 Å². The molecule has 162 valence electrons. The highest BCUT2D eigenvalue weighted by atomic mass is 35.5. The average Bonchev–Trinajstić information content (AvgIpc) is 3.37. The summed E-state index contributed by atoms with van der Waals surface area (Å²) in [6.45, 7) is 4.56. The highest BCUT2D eigenvalue weighted by Gasteiger charge is 2.28. The maximum Gasteiger partial charge on any atom is 0.345 e. The van der Waals surface area contributed by atoms with Crippen molar-refractivity contribution in [2.45, 2.75) is 6.54 Å². The lowest BCUT2D eigenvalue weighted by atomic mass is 9.97. The Morgan fingerprint density at radius 2 is 1.72 bits per heavy atom. The van der Waals surface area contributed by atoms with Crippen LogP contribution in [0.25, 0.3) is 0 Å². The van der Waals surface area contributed by atoms with Crippen molar-refractivity contribution in [1.29, 1.82) is 0 Å². The van der Waals surface area contributed by atoms with Gasteiger partial charge < -0.3 is 0 Å². The molecule has 0 saturated carbocycles. The van der Waals surface area contributed by atoms with Crippen LogP contribution in [0.5, 0.6) is 0 Å². The molecule has 8 heteroatoms. The molecular weight excluding hydrogens is 445 g/mol. The molecule has 6 nitrogen and oxygen atoms in total. The molecular formula is C24H21Cl2N5O. The van der Waals surface area contributed by atoms with Gasteiger partial charge in [0.05, 0.1) is 18.8 Å². The summed E-state index contributed by atoms with van der Waals surface area (Å²) in [5.41, 5.74) is 2.46. The Morgan fingerprint density at radius 1 is 1.03 bits per heavy atom. The van der Waals surface area contributed by atoms with Crippen LogP contribution in [0.15, 0.2) is 95.4 Å². The van der Waals surface area contributed by atoms with Gasteiger partial charge in [-0.3, -0.25) is 4.98 Å². The Labute approximate surface area is 195 Å². The van der Waals surface area contributed by atoms with Gasteiger partial charge in [-0.05, 0) is 35.4 Å². The van der Waals surface area contributed by atoms with Crippen molar-refractivity contribution in [2.75, 3.05) is 11.6 Å². The van der Waals surface area contributed by atoms with Gasteiger partial charge in [0.15, 0.2) is 0 Å². The second-order valence-electron chi connectivity index (χ2n) is 7.22. The van der Waals surface area contributed by atoms with Crippen molar-refractivity contribution in [3.63, 3.8) is 0 Å². The number of hydrazone groups is 1. The molecule has 1 atom stereocenters. The normalized spacial score (nSPS) is 16.2. The van der Waals surface area contributed by atoms with Crippen LogP contribution in [0.4, 0.5) is 5.95 Å². The van der Waals surface area contributed by atoms with Gasteiger partial charge in [0.1, 0.15) is 0 Å². The van der Waals surface area contributed by atoms with Crippen molar-refractivity contribution >= 4 is 34.9 Å². The quantitative estimate of drug-likeness (QED) is 0.495. The molecule has 4 rings (SSSR count). The van der Waals surface area contributed by atoms with E-state index in [-0.39, 0.29) is 11.6 Å². The summed E-state index contributed by atoms with van der Waals surface area (Å²) >= 11 is 12.0. The van der Waals surface area contributed by atoms with E-state index in [1.54, 1.807) is 23.2 Å². The van der Waals surface area contributed by atoms with E-state index in [1.807, 2.05) is 54.6 Å². The summed E-state index contributed by atoms with van der Waals surface area (Å²) in [4.78, 5) is 15.3. The second kappa shape index (κ2) is 9.85. The van der Waals surface area contributed by atoms with Crippen LogP contribution in [0.1, 0.15) is 11.1 Å². The van der Waals surface area contributed by atoms with Gasteiger partial charge >= 0.3 is 5.69 Å². The van der Waals surface area contributed by atoms with Crippen LogP contribution in [0.3, 0.4) is 0 Å². The molecule has 0 saturated heterocycles. The Kier molecular flexibility index (Phi) is 6.73. The molecule has 0 spiro atoms. The van der Waals surface area contributed by atoms with E-state index >= 15 is 0 Å². The molecule has 1 aliphatic heterocycles. The van der Waals surface area contributed by atoms with E-state index in [4.69, 9.17) is 28.3 Å². The molecule has 0 aliphatic carbocycles. The Hall–Kier alpha value is -3.35. The average molecular weight is 466 g/mol. The molecule has 1 N–H and O–H groups in total. The Balaban J connectivity index is 1.61. The summed E-state index contributed by atoms with van der Waals surface area (Å²) in [6.07, 6.45) is 9.52. The fourth-order valence-electron chi connectivity index (χ4n) is 3.37. The van der Waals surface area contributed by atoms with Crippen LogP contribution in [-0.4, -0.2) is 27.0 Å². The Morgan fingerprint density at radius 3 is 2.41 bits per heavy atom. The van der Waals surface area contributed by atoms with Crippen molar-refractivity contribution in [3.8, 4) is 0 Å². The number of benzene rings is 2. The van der Waals surface area contributed by atoms with Gasteiger partial charge in [-0.1, -0.05) is 84.4 Å². The zero-order chi connectivity index (χ0) is 22.5. The van der Waals surface area contributed by atoms with Crippen LogP contribution < -0.4 is 10.7 Å². The summed E-state index contributed by atoms with van der Waals surface area (Å²) < 4.78 is 1.38. The second-order valence-corrected chi connectivity index (χ2v) is 8.10. The minimum absolute atomic E-state index is 0.00978. The van der Waals surface area contributed by atoms with Gasteiger partial charge in [0.25, 0.3) is 0 Å². The van der Waals surface area contributed by atoms with E-state index in [1.165, 1.54) is 4.68 Å². The number of nitrogens with one attached hydrogen (secondary N) is 1. The molecule has 0 amide bonds. The zero-order valence-electron chi connectivity index (χ0n) is 17.2. The molecule has 0 unspecified atom stereocenters. The number of halogens is 2. The standard InChI is InChI=1S/C24H21Cl2N5O/c1-2-3-4-5-6-19-16-30(28-22(19)18-9-13-21(26)14-10-18)23-27-24(32)31(29-23)15-17-7-11-20(25)12-8-17/h2-14,19H,1,15-16H2,(H,27,29,32)/b4-3-,6-5+/t19-/m0/s1. The topological polar surface area (TPSA) is 66.3 Å². The first kappa shape index (κ1) is 21.9. The van der Waals surface area contributed by atoms with E-state index < -0.39 is 0 Å². The first-order chi connectivity index (χ1) is 15.5. The highest BCUT2D eigenvalue weighted by Crippen LogP contribution is 2.24.